The summed E-state index contributed by atoms with van der Waals surface area (Å²) in [5, 5.41) is 2.09. The van der Waals surface area contributed by atoms with E-state index in [1.165, 1.54) is 0 Å². The number of para-hydroxylation sites is 2. The molecule has 0 spiro atoms. The molecule has 2 nitrogen and oxygen atoms in total. The van der Waals surface area contributed by atoms with E-state index in [1.807, 2.05) is 24.3 Å². The first-order chi connectivity index (χ1) is 6.29. The minimum absolute atomic E-state index is 0.163. The minimum Gasteiger partial charge on any atom is -0.253 e. The molecule has 0 N–H and O–H groups in total. The third-order valence-corrected chi connectivity index (χ3v) is 2.67. The molecule has 68 valence electrons. The van der Waals surface area contributed by atoms with Gasteiger partial charge >= 0.3 is 0 Å². The van der Waals surface area contributed by atoms with E-state index >= 15 is 0 Å². The van der Waals surface area contributed by atoms with Gasteiger partial charge in [-0.1, -0.05) is 26.0 Å². The third kappa shape index (κ3) is 1.26. The van der Waals surface area contributed by atoms with Crippen LogP contribution in [0, 0.1) is 0 Å². The highest BCUT2D eigenvalue weighted by Crippen LogP contribution is 2.21. The first kappa shape index (κ1) is 8.42. The van der Waals surface area contributed by atoms with Crippen LogP contribution < -0.4 is 10.7 Å². The fraction of sp³-hybridized carbons (Fsp3) is 0.455. The Bertz CT molecular complexity index is 379. The molecule has 1 heterocycles. The first-order valence-electron chi connectivity index (χ1n) is 4.84. The molecule has 13 heavy (non-hydrogen) atoms. The van der Waals surface area contributed by atoms with Crippen LogP contribution in [0.3, 0.4) is 0 Å². The molecule has 0 amide bonds. The Morgan fingerprint density at radius 2 is 1.46 bits per heavy atom. The minimum atomic E-state index is -0.163. The second-order valence-electron chi connectivity index (χ2n) is 3.40. The topological polar surface area (TPSA) is 24.7 Å². The van der Waals surface area contributed by atoms with E-state index in [0.717, 1.165) is 23.6 Å². The molecule has 0 radical (unpaired) electrons. The molecular weight excluding hydrogens is 160 g/mol. The molecule has 1 aliphatic heterocycles. The molecule has 0 saturated heterocycles. The standard InChI is InChI=1S/C11H14N2/c1-3-11(4-2)12-9-7-5-6-8-10(9)13-11/h5-8H,3-4H2,1-2H3. The summed E-state index contributed by atoms with van der Waals surface area (Å²) in [4.78, 5) is 9.31. The van der Waals surface area contributed by atoms with E-state index < -0.39 is 0 Å². The fourth-order valence-electron chi connectivity index (χ4n) is 1.69. The van der Waals surface area contributed by atoms with Crippen LogP contribution in [0.1, 0.15) is 26.7 Å². The molecule has 1 aliphatic rings. The van der Waals surface area contributed by atoms with Gasteiger partial charge in [0.25, 0.3) is 0 Å². The van der Waals surface area contributed by atoms with Gasteiger partial charge in [-0.25, -0.2) is 0 Å². The van der Waals surface area contributed by atoms with Crippen molar-refractivity contribution in [3.05, 3.63) is 35.0 Å². The Morgan fingerprint density at radius 3 is 1.85 bits per heavy atom. The van der Waals surface area contributed by atoms with Crippen LogP contribution in [-0.4, -0.2) is 5.66 Å². The summed E-state index contributed by atoms with van der Waals surface area (Å²) in [5.74, 6) is 0. The van der Waals surface area contributed by atoms with E-state index in [4.69, 9.17) is 0 Å². The van der Waals surface area contributed by atoms with Crippen molar-refractivity contribution in [1.82, 2.24) is 0 Å². The fourth-order valence-corrected chi connectivity index (χ4v) is 1.69. The van der Waals surface area contributed by atoms with Crippen LogP contribution in [0.15, 0.2) is 34.3 Å². The van der Waals surface area contributed by atoms with Crippen LogP contribution >= 0.6 is 0 Å². The van der Waals surface area contributed by atoms with Crippen LogP contribution in [0.4, 0.5) is 0 Å². The van der Waals surface area contributed by atoms with Gasteiger partial charge in [0.1, 0.15) is 0 Å². The Morgan fingerprint density at radius 1 is 1.00 bits per heavy atom. The maximum absolute atomic E-state index is 4.65. The quantitative estimate of drug-likeness (QED) is 0.648. The first-order valence-corrected chi connectivity index (χ1v) is 4.84. The molecular formula is C11H14N2. The van der Waals surface area contributed by atoms with Gasteiger partial charge in [0.15, 0.2) is 5.66 Å². The maximum atomic E-state index is 4.65. The Balaban J connectivity index is 2.62. The lowest BCUT2D eigenvalue weighted by Crippen LogP contribution is -2.20. The van der Waals surface area contributed by atoms with Crippen LogP contribution in [-0.2, 0) is 0 Å². The lowest BCUT2D eigenvalue weighted by atomic mass is 10.1. The largest absolute Gasteiger partial charge is 0.253 e. The molecule has 0 unspecified atom stereocenters. The van der Waals surface area contributed by atoms with Crippen molar-refractivity contribution < 1.29 is 0 Å². The second kappa shape index (κ2) is 2.95. The van der Waals surface area contributed by atoms with E-state index in [2.05, 4.69) is 23.8 Å². The zero-order valence-corrected chi connectivity index (χ0v) is 8.12. The summed E-state index contributed by atoms with van der Waals surface area (Å²) < 4.78 is 0. The normalized spacial score (nSPS) is 17.4. The molecule has 2 heteroatoms. The molecule has 0 bridgehead atoms. The van der Waals surface area contributed by atoms with Gasteiger partial charge in [0.2, 0.25) is 0 Å². The molecule has 0 aromatic heterocycles. The van der Waals surface area contributed by atoms with Crippen molar-refractivity contribution in [3.8, 4) is 0 Å². The summed E-state index contributed by atoms with van der Waals surface area (Å²) in [6, 6.07) is 8.09. The van der Waals surface area contributed by atoms with Crippen molar-refractivity contribution in [2.45, 2.75) is 32.4 Å². The Labute approximate surface area is 78.0 Å². The number of hydrogen-bond donors (Lipinski definition) is 0. The van der Waals surface area contributed by atoms with Gasteiger partial charge in [0.05, 0.1) is 10.7 Å². The van der Waals surface area contributed by atoms with E-state index in [-0.39, 0.29) is 5.66 Å². The van der Waals surface area contributed by atoms with Crippen LogP contribution in [0.2, 0.25) is 0 Å². The highest BCUT2D eigenvalue weighted by molar-refractivity contribution is 5.07. The van der Waals surface area contributed by atoms with Crippen molar-refractivity contribution in [3.63, 3.8) is 0 Å². The zero-order chi connectivity index (χ0) is 9.31. The second-order valence-corrected chi connectivity index (χ2v) is 3.40. The van der Waals surface area contributed by atoms with Gasteiger partial charge in [0, 0.05) is 0 Å². The van der Waals surface area contributed by atoms with Crippen LogP contribution in [0.5, 0.6) is 0 Å². The van der Waals surface area contributed by atoms with E-state index in [9.17, 15) is 0 Å². The van der Waals surface area contributed by atoms with E-state index in [1.54, 1.807) is 0 Å². The Hall–Kier alpha value is -1.18. The average molecular weight is 174 g/mol. The van der Waals surface area contributed by atoms with Crippen molar-refractivity contribution in [2.24, 2.45) is 9.98 Å². The highest BCUT2D eigenvalue weighted by Gasteiger charge is 2.25. The highest BCUT2D eigenvalue weighted by atomic mass is 15.1. The SMILES string of the molecule is CCC1(CC)N=c2ccccc2=N1. The molecule has 2 rings (SSSR count). The van der Waals surface area contributed by atoms with Crippen molar-refractivity contribution >= 4 is 0 Å². The molecule has 0 atom stereocenters. The lowest BCUT2D eigenvalue weighted by Gasteiger charge is -2.18. The smallest absolute Gasteiger partial charge is 0.151 e. The predicted octanol–water partition coefficient (Wildman–Crippen LogP) is 1.46. The summed E-state index contributed by atoms with van der Waals surface area (Å²) in [5.41, 5.74) is -0.163. The zero-order valence-electron chi connectivity index (χ0n) is 8.12. The number of benzene rings is 1. The van der Waals surface area contributed by atoms with E-state index in [0.29, 0.717) is 0 Å². The van der Waals surface area contributed by atoms with Gasteiger partial charge in [-0.2, -0.15) is 0 Å². The predicted molar refractivity (Wildman–Crippen MR) is 52.1 cm³/mol. The molecule has 0 fully saturated rings. The molecule has 0 saturated carbocycles. The van der Waals surface area contributed by atoms with Gasteiger partial charge < -0.3 is 0 Å². The lowest BCUT2D eigenvalue weighted by molar-refractivity contribution is 0.416. The molecule has 1 aromatic carbocycles. The number of fused-ring (bicyclic) bond motifs is 1. The summed E-state index contributed by atoms with van der Waals surface area (Å²) >= 11 is 0. The summed E-state index contributed by atoms with van der Waals surface area (Å²) in [6.45, 7) is 4.28. The van der Waals surface area contributed by atoms with Crippen molar-refractivity contribution in [1.29, 1.82) is 0 Å². The summed E-state index contributed by atoms with van der Waals surface area (Å²) in [6.07, 6.45) is 1.97. The maximum Gasteiger partial charge on any atom is 0.151 e. The van der Waals surface area contributed by atoms with Crippen LogP contribution in [0.25, 0.3) is 0 Å². The van der Waals surface area contributed by atoms with Crippen molar-refractivity contribution in [2.75, 3.05) is 0 Å². The monoisotopic (exact) mass is 174 g/mol. The number of nitrogens with zero attached hydrogens (tertiary/aromatic N) is 2. The third-order valence-electron chi connectivity index (χ3n) is 2.67. The van der Waals surface area contributed by atoms with Gasteiger partial charge in [-0.3, -0.25) is 9.98 Å². The van der Waals surface area contributed by atoms with Gasteiger partial charge in [-0.05, 0) is 25.0 Å². The molecule has 0 aliphatic carbocycles. The molecule has 1 aromatic rings. The summed E-state index contributed by atoms with van der Waals surface area (Å²) in [7, 11) is 0. The number of hydrogen-bond acceptors (Lipinski definition) is 2. The number of rotatable bonds is 2. The average Bonchev–Trinajstić information content (AvgIpc) is 2.57. The Kier molecular flexibility index (Phi) is 1.91. The van der Waals surface area contributed by atoms with Gasteiger partial charge in [-0.15, -0.1) is 0 Å².